The first kappa shape index (κ1) is 20.5. The van der Waals surface area contributed by atoms with Gasteiger partial charge in [0.05, 0.1) is 5.39 Å². The second kappa shape index (κ2) is 7.50. The minimum atomic E-state index is -0.355. The molecule has 9 nitrogen and oxygen atoms in total. The molecule has 4 heterocycles. The maximum atomic E-state index is 13.2. The molecule has 1 saturated heterocycles. The van der Waals surface area contributed by atoms with Gasteiger partial charge in [0, 0.05) is 29.8 Å². The van der Waals surface area contributed by atoms with E-state index >= 15 is 0 Å². The summed E-state index contributed by atoms with van der Waals surface area (Å²) in [6, 6.07) is 0. The van der Waals surface area contributed by atoms with E-state index < -0.39 is 0 Å². The monoisotopic (exact) mass is 430 g/mol. The molecule has 2 N–H and O–H groups in total. The number of aryl methyl sites for hydroxylation is 2. The molecule has 10 heteroatoms. The maximum absolute atomic E-state index is 13.2. The zero-order valence-electron chi connectivity index (χ0n) is 17.6. The van der Waals surface area contributed by atoms with Gasteiger partial charge < -0.3 is 10.6 Å². The van der Waals surface area contributed by atoms with Crippen LogP contribution in [0.1, 0.15) is 48.9 Å². The second-order valence-electron chi connectivity index (χ2n) is 8.24. The Bertz CT molecular complexity index is 1210. The largest absolute Gasteiger partial charge is 0.369 e. The van der Waals surface area contributed by atoms with Gasteiger partial charge in [-0.15, -0.1) is 16.4 Å². The summed E-state index contributed by atoms with van der Waals surface area (Å²) >= 11 is 1.59. The predicted molar refractivity (Wildman–Crippen MR) is 115 cm³/mol. The molecule has 0 radical (unpaired) electrons. The molecule has 0 unspecified atom stereocenters. The molecular formula is C20H26N6O3S. The summed E-state index contributed by atoms with van der Waals surface area (Å²) in [6.45, 7) is 8.78. The molecular weight excluding hydrogens is 404 g/mol. The number of carbonyl (C=O) groups excluding carboxylic acids is 2. The highest BCUT2D eigenvalue weighted by molar-refractivity contribution is 7.18. The van der Waals surface area contributed by atoms with Crippen molar-refractivity contribution in [2.45, 2.75) is 53.0 Å². The third kappa shape index (κ3) is 3.28. The zero-order valence-corrected chi connectivity index (χ0v) is 18.5. The van der Waals surface area contributed by atoms with E-state index in [-0.39, 0.29) is 35.9 Å². The Kier molecular flexibility index (Phi) is 5.13. The van der Waals surface area contributed by atoms with Crippen molar-refractivity contribution in [3.05, 3.63) is 26.7 Å². The molecule has 0 saturated carbocycles. The Hall–Kier alpha value is -2.75. The fraction of sp³-hybridized carbons (Fsp3) is 0.550. The van der Waals surface area contributed by atoms with Crippen molar-refractivity contribution < 1.29 is 9.59 Å². The van der Waals surface area contributed by atoms with E-state index in [4.69, 9.17) is 10.7 Å². The number of nitrogens with zero attached hydrogens (tertiary/aromatic N) is 5. The number of thiophene rings is 1. The van der Waals surface area contributed by atoms with Crippen molar-refractivity contribution in [2.24, 2.45) is 11.7 Å². The topological polar surface area (TPSA) is 116 Å². The van der Waals surface area contributed by atoms with E-state index in [0.29, 0.717) is 37.4 Å². The molecule has 1 aliphatic heterocycles. The second-order valence-corrected chi connectivity index (χ2v) is 9.45. The van der Waals surface area contributed by atoms with E-state index in [1.807, 2.05) is 27.7 Å². The zero-order chi connectivity index (χ0) is 21.7. The Balaban J connectivity index is 1.72. The van der Waals surface area contributed by atoms with Gasteiger partial charge in [-0.05, 0) is 32.3 Å². The molecule has 3 aromatic heterocycles. The van der Waals surface area contributed by atoms with Crippen LogP contribution in [0.4, 0.5) is 0 Å². The first-order chi connectivity index (χ1) is 14.2. The number of amides is 2. The van der Waals surface area contributed by atoms with Gasteiger partial charge >= 0.3 is 5.69 Å². The van der Waals surface area contributed by atoms with Gasteiger partial charge in [0.15, 0.2) is 5.65 Å². The number of piperidine rings is 1. The van der Waals surface area contributed by atoms with Gasteiger partial charge in [-0.25, -0.2) is 18.9 Å². The van der Waals surface area contributed by atoms with Crippen LogP contribution in [0.15, 0.2) is 4.79 Å². The van der Waals surface area contributed by atoms with E-state index in [9.17, 15) is 14.4 Å². The van der Waals surface area contributed by atoms with Crippen molar-refractivity contribution >= 4 is 39.0 Å². The van der Waals surface area contributed by atoms with Gasteiger partial charge in [-0.2, -0.15) is 0 Å². The summed E-state index contributed by atoms with van der Waals surface area (Å²) in [5, 5.41) is 5.42. The van der Waals surface area contributed by atoms with Crippen molar-refractivity contribution in [3.63, 3.8) is 0 Å². The molecule has 3 aromatic rings. The van der Waals surface area contributed by atoms with Crippen LogP contribution in [0.2, 0.25) is 0 Å². The first-order valence-corrected chi connectivity index (χ1v) is 11.0. The number of primary amides is 1. The van der Waals surface area contributed by atoms with Crippen LogP contribution in [0.3, 0.4) is 0 Å². The fourth-order valence-corrected chi connectivity index (χ4v) is 5.04. The molecule has 30 heavy (non-hydrogen) atoms. The molecule has 2 amide bonds. The Morgan fingerprint density at radius 1 is 1.23 bits per heavy atom. The summed E-state index contributed by atoms with van der Waals surface area (Å²) in [5.41, 5.74) is 6.62. The van der Waals surface area contributed by atoms with Gasteiger partial charge in [0.2, 0.25) is 11.8 Å². The number of nitrogens with two attached hydrogens (primary N) is 1. The molecule has 1 aliphatic rings. The summed E-state index contributed by atoms with van der Waals surface area (Å²) in [5.74, 6) is -0.0253. The van der Waals surface area contributed by atoms with E-state index in [0.717, 1.165) is 20.7 Å². The van der Waals surface area contributed by atoms with Crippen molar-refractivity contribution in [1.29, 1.82) is 0 Å². The summed E-state index contributed by atoms with van der Waals surface area (Å²) in [4.78, 5) is 45.7. The van der Waals surface area contributed by atoms with Crippen LogP contribution in [0, 0.1) is 19.8 Å². The van der Waals surface area contributed by atoms with E-state index in [1.165, 1.54) is 4.68 Å². The minimum absolute atomic E-state index is 0.0264. The number of carbonyl (C=O) groups is 2. The number of fused-ring (bicyclic) bond motifs is 3. The summed E-state index contributed by atoms with van der Waals surface area (Å²) in [6.07, 6.45) is 1.10. The smallest absolute Gasteiger partial charge is 0.352 e. The molecule has 0 bridgehead atoms. The maximum Gasteiger partial charge on any atom is 0.352 e. The molecule has 0 aromatic carbocycles. The average Bonchev–Trinajstić information content (AvgIpc) is 3.17. The number of aromatic nitrogens is 4. The highest BCUT2D eigenvalue weighted by atomic mass is 32.1. The molecule has 0 atom stereocenters. The Morgan fingerprint density at radius 2 is 1.90 bits per heavy atom. The van der Waals surface area contributed by atoms with Crippen LogP contribution < -0.4 is 11.4 Å². The lowest BCUT2D eigenvalue weighted by atomic mass is 9.96. The third-order valence-electron chi connectivity index (χ3n) is 5.93. The summed E-state index contributed by atoms with van der Waals surface area (Å²) < 4.78 is 2.77. The normalized spacial score (nSPS) is 15.6. The van der Waals surface area contributed by atoms with Gasteiger partial charge in [0.1, 0.15) is 17.2 Å². The molecule has 0 spiro atoms. The van der Waals surface area contributed by atoms with E-state index in [1.54, 1.807) is 20.6 Å². The SMILES string of the molecule is Cc1sc2nc(C(C)C)n3c(=O)n(CC(=O)N4CCC(C(N)=O)CC4)nc3c2c1C. The van der Waals surface area contributed by atoms with Crippen LogP contribution in [0.5, 0.6) is 0 Å². The Morgan fingerprint density at radius 3 is 2.50 bits per heavy atom. The van der Waals surface area contributed by atoms with Gasteiger partial charge in [0.25, 0.3) is 0 Å². The van der Waals surface area contributed by atoms with Gasteiger partial charge in [-0.1, -0.05) is 13.8 Å². The molecule has 1 fully saturated rings. The van der Waals surface area contributed by atoms with Crippen molar-refractivity contribution in [2.75, 3.05) is 13.1 Å². The molecule has 4 rings (SSSR count). The highest BCUT2D eigenvalue weighted by Crippen LogP contribution is 2.32. The Labute approximate surface area is 177 Å². The summed E-state index contributed by atoms with van der Waals surface area (Å²) in [7, 11) is 0. The highest BCUT2D eigenvalue weighted by Gasteiger charge is 2.27. The molecule has 0 aliphatic carbocycles. The lowest BCUT2D eigenvalue weighted by Crippen LogP contribution is -2.44. The predicted octanol–water partition coefficient (Wildman–Crippen LogP) is 1.57. The van der Waals surface area contributed by atoms with Crippen LogP contribution in [-0.2, 0) is 16.1 Å². The van der Waals surface area contributed by atoms with Crippen LogP contribution in [0.25, 0.3) is 15.9 Å². The number of rotatable bonds is 4. The number of hydrogen-bond donors (Lipinski definition) is 1. The number of hydrogen-bond acceptors (Lipinski definition) is 6. The fourth-order valence-electron chi connectivity index (χ4n) is 4.01. The minimum Gasteiger partial charge on any atom is -0.369 e. The average molecular weight is 431 g/mol. The molecule has 160 valence electrons. The van der Waals surface area contributed by atoms with Gasteiger partial charge in [-0.3, -0.25) is 9.59 Å². The van der Waals surface area contributed by atoms with Crippen LogP contribution in [-0.4, -0.2) is 49.0 Å². The first-order valence-electron chi connectivity index (χ1n) is 10.1. The standard InChI is InChI=1S/C20H26N6O3S/c1-10(2)17-22-19-15(11(3)12(4)30-19)18-23-25(20(29)26(17)18)9-14(27)24-7-5-13(6-8-24)16(21)28/h10,13H,5-9H2,1-4H3,(H2,21,28). The third-order valence-corrected chi connectivity index (χ3v) is 7.03. The van der Waals surface area contributed by atoms with E-state index in [2.05, 4.69) is 5.10 Å². The van der Waals surface area contributed by atoms with Crippen molar-refractivity contribution in [3.8, 4) is 0 Å². The number of likely N-dealkylation sites (tertiary alicyclic amines) is 1. The van der Waals surface area contributed by atoms with Crippen molar-refractivity contribution in [1.82, 2.24) is 24.1 Å². The lowest BCUT2D eigenvalue weighted by molar-refractivity contribution is -0.135. The van der Waals surface area contributed by atoms with Crippen LogP contribution >= 0.6 is 11.3 Å². The quantitative estimate of drug-likeness (QED) is 0.674. The lowest BCUT2D eigenvalue weighted by Gasteiger charge is -2.30.